The summed E-state index contributed by atoms with van der Waals surface area (Å²) in [6, 6.07) is 10.7. The van der Waals surface area contributed by atoms with Crippen molar-refractivity contribution in [1.29, 1.82) is 0 Å². The van der Waals surface area contributed by atoms with Gasteiger partial charge in [0.05, 0.1) is 5.02 Å². The van der Waals surface area contributed by atoms with Gasteiger partial charge in [0.1, 0.15) is 11.6 Å². The van der Waals surface area contributed by atoms with Crippen molar-refractivity contribution in [2.75, 3.05) is 5.32 Å². The Labute approximate surface area is 119 Å². The van der Waals surface area contributed by atoms with Crippen LogP contribution in [-0.2, 0) is 6.54 Å². The zero-order valence-electron chi connectivity index (χ0n) is 10.2. The van der Waals surface area contributed by atoms with Crippen molar-refractivity contribution in [1.82, 2.24) is 0 Å². The number of nitrogens with one attached hydrogen (secondary N) is 1. The van der Waals surface area contributed by atoms with E-state index in [-0.39, 0.29) is 23.1 Å². The number of halogens is 4. The first kappa shape index (κ1) is 14.5. The summed E-state index contributed by atoms with van der Waals surface area (Å²) in [5.74, 6) is -0.415. The Morgan fingerprint density at radius 1 is 1.15 bits per heavy atom. The SMILES string of the molecule is Fc1ccccc1CNc1ccc(OC(F)F)c(Cl)c1. The maximum Gasteiger partial charge on any atom is 0.387 e. The molecular weight excluding hydrogens is 291 g/mol. The van der Waals surface area contributed by atoms with E-state index in [0.717, 1.165) is 0 Å². The Morgan fingerprint density at radius 2 is 1.90 bits per heavy atom. The highest BCUT2D eigenvalue weighted by molar-refractivity contribution is 6.32. The Morgan fingerprint density at radius 3 is 2.55 bits per heavy atom. The molecule has 0 amide bonds. The van der Waals surface area contributed by atoms with Gasteiger partial charge in [0.25, 0.3) is 0 Å². The third-order valence-electron chi connectivity index (χ3n) is 2.59. The molecule has 0 aromatic heterocycles. The lowest BCUT2D eigenvalue weighted by Crippen LogP contribution is -2.04. The topological polar surface area (TPSA) is 21.3 Å². The molecular formula is C14H11ClF3NO. The Hall–Kier alpha value is -1.88. The summed E-state index contributed by atoms with van der Waals surface area (Å²) >= 11 is 5.81. The van der Waals surface area contributed by atoms with E-state index in [1.807, 2.05) is 0 Å². The Bertz CT molecular complexity index is 592. The number of hydrogen-bond donors (Lipinski definition) is 1. The average molecular weight is 302 g/mol. The van der Waals surface area contributed by atoms with Crippen LogP contribution in [0.1, 0.15) is 5.56 Å². The smallest absolute Gasteiger partial charge is 0.387 e. The monoisotopic (exact) mass is 301 g/mol. The predicted octanol–water partition coefficient (Wildman–Crippen LogP) is 4.69. The quantitative estimate of drug-likeness (QED) is 0.865. The molecule has 6 heteroatoms. The van der Waals surface area contributed by atoms with Gasteiger partial charge in [-0.2, -0.15) is 8.78 Å². The third-order valence-corrected chi connectivity index (χ3v) is 2.88. The van der Waals surface area contributed by atoms with E-state index >= 15 is 0 Å². The van der Waals surface area contributed by atoms with Crippen LogP contribution >= 0.6 is 11.6 Å². The van der Waals surface area contributed by atoms with Crippen molar-refractivity contribution in [3.05, 3.63) is 58.9 Å². The molecule has 0 aliphatic heterocycles. The molecule has 0 fully saturated rings. The van der Waals surface area contributed by atoms with Crippen LogP contribution < -0.4 is 10.1 Å². The predicted molar refractivity (Wildman–Crippen MR) is 71.8 cm³/mol. The molecule has 0 aliphatic carbocycles. The van der Waals surface area contributed by atoms with Crippen LogP contribution in [-0.4, -0.2) is 6.61 Å². The summed E-state index contributed by atoms with van der Waals surface area (Å²) in [7, 11) is 0. The second kappa shape index (κ2) is 6.52. The molecule has 2 nitrogen and oxygen atoms in total. The van der Waals surface area contributed by atoms with Gasteiger partial charge < -0.3 is 10.1 Å². The van der Waals surface area contributed by atoms with Gasteiger partial charge in [-0.3, -0.25) is 0 Å². The van der Waals surface area contributed by atoms with E-state index in [2.05, 4.69) is 10.1 Å². The van der Waals surface area contributed by atoms with Crippen LogP contribution in [0, 0.1) is 5.82 Å². The van der Waals surface area contributed by atoms with Crippen LogP contribution in [0.15, 0.2) is 42.5 Å². The van der Waals surface area contributed by atoms with Crippen molar-refractivity contribution in [2.45, 2.75) is 13.2 Å². The normalized spacial score (nSPS) is 10.7. The highest BCUT2D eigenvalue weighted by Gasteiger charge is 2.09. The number of benzene rings is 2. The van der Waals surface area contributed by atoms with Gasteiger partial charge >= 0.3 is 6.61 Å². The summed E-state index contributed by atoms with van der Waals surface area (Å²) in [4.78, 5) is 0. The minimum Gasteiger partial charge on any atom is -0.433 e. The lowest BCUT2D eigenvalue weighted by atomic mass is 10.2. The molecule has 0 saturated heterocycles. The molecule has 0 bridgehead atoms. The molecule has 0 radical (unpaired) electrons. The van der Waals surface area contributed by atoms with Gasteiger partial charge in [0.15, 0.2) is 0 Å². The lowest BCUT2D eigenvalue weighted by Gasteiger charge is -2.10. The van der Waals surface area contributed by atoms with Crippen LogP contribution in [0.2, 0.25) is 5.02 Å². The third kappa shape index (κ3) is 3.81. The van der Waals surface area contributed by atoms with Gasteiger partial charge in [-0.15, -0.1) is 0 Å². The van der Waals surface area contributed by atoms with Gasteiger partial charge in [-0.25, -0.2) is 4.39 Å². The van der Waals surface area contributed by atoms with Gasteiger partial charge in [0.2, 0.25) is 0 Å². The van der Waals surface area contributed by atoms with Crippen molar-refractivity contribution in [3.8, 4) is 5.75 Å². The molecule has 0 aliphatic rings. The minimum absolute atomic E-state index is 0.0591. The Kier molecular flexibility index (Phi) is 4.74. The van der Waals surface area contributed by atoms with Crippen LogP contribution in [0.25, 0.3) is 0 Å². The number of hydrogen-bond acceptors (Lipinski definition) is 2. The summed E-state index contributed by atoms with van der Waals surface area (Å²) in [6.45, 7) is -2.66. The van der Waals surface area contributed by atoms with E-state index in [1.54, 1.807) is 18.2 Å². The van der Waals surface area contributed by atoms with Gasteiger partial charge in [-0.1, -0.05) is 29.8 Å². The summed E-state index contributed by atoms with van der Waals surface area (Å²) in [5.41, 5.74) is 1.08. The molecule has 20 heavy (non-hydrogen) atoms. The molecule has 2 rings (SSSR count). The van der Waals surface area contributed by atoms with Crippen LogP contribution in [0.3, 0.4) is 0 Å². The largest absolute Gasteiger partial charge is 0.433 e. The summed E-state index contributed by atoms with van der Waals surface area (Å²) < 4.78 is 41.8. The van der Waals surface area contributed by atoms with Crippen LogP contribution in [0.5, 0.6) is 5.75 Å². The maximum atomic E-state index is 13.4. The maximum absolute atomic E-state index is 13.4. The van der Waals surface area contributed by atoms with Crippen molar-refractivity contribution < 1.29 is 17.9 Å². The molecule has 0 saturated carbocycles. The van der Waals surface area contributed by atoms with E-state index in [0.29, 0.717) is 11.3 Å². The molecule has 0 unspecified atom stereocenters. The standard InChI is InChI=1S/C14H11ClF3NO/c15-11-7-10(5-6-13(11)20-14(17)18)19-8-9-3-1-2-4-12(9)16/h1-7,14,19H,8H2. The first-order valence-electron chi connectivity index (χ1n) is 5.78. The first-order chi connectivity index (χ1) is 9.56. The number of alkyl halides is 2. The van der Waals surface area contributed by atoms with Gasteiger partial charge in [-0.05, 0) is 24.3 Å². The van der Waals surface area contributed by atoms with E-state index in [4.69, 9.17) is 11.6 Å². The fourth-order valence-corrected chi connectivity index (χ4v) is 1.87. The molecule has 0 heterocycles. The van der Waals surface area contributed by atoms with E-state index < -0.39 is 6.61 Å². The van der Waals surface area contributed by atoms with Gasteiger partial charge in [0, 0.05) is 17.8 Å². The number of anilines is 1. The minimum atomic E-state index is -2.93. The highest BCUT2D eigenvalue weighted by atomic mass is 35.5. The molecule has 106 valence electrons. The zero-order chi connectivity index (χ0) is 14.5. The summed E-state index contributed by atoms with van der Waals surface area (Å²) in [6.07, 6.45) is 0. The van der Waals surface area contributed by atoms with Crippen LogP contribution in [0.4, 0.5) is 18.9 Å². The average Bonchev–Trinajstić information content (AvgIpc) is 2.40. The number of ether oxygens (including phenoxy) is 1. The second-order valence-electron chi connectivity index (χ2n) is 3.97. The fourth-order valence-electron chi connectivity index (χ4n) is 1.64. The molecule has 2 aromatic rings. The first-order valence-corrected chi connectivity index (χ1v) is 6.15. The van der Waals surface area contributed by atoms with E-state index in [1.165, 1.54) is 24.3 Å². The summed E-state index contributed by atoms with van der Waals surface area (Å²) in [5, 5.41) is 3.01. The van der Waals surface area contributed by atoms with E-state index in [9.17, 15) is 13.2 Å². The molecule has 0 atom stereocenters. The van der Waals surface area contributed by atoms with Crippen molar-refractivity contribution in [3.63, 3.8) is 0 Å². The highest BCUT2D eigenvalue weighted by Crippen LogP contribution is 2.29. The zero-order valence-corrected chi connectivity index (χ0v) is 11.0. The van der Waals surface area contributed by atoms with Crippen molar-refractivity contribution >= 4 is 17.3 Å². The Balaban J connectivity index is 2.04. The fraction of sp³-hybridized carbons (Fsp3) is 0.143. The lowest BCUT2D eigenvalue weighted by molar-refractivity contribution is -0.0497. The molecule has 1 N–H and O–H groups in total. The molecule has 2 aromatic carbocycles. The molecule has 0 spiro atoms. The second-order valence-corrected chi connectivity index (χ2v) is 4.38. The van der Waals surface area contributed by atoms with Crippen molar-refractivity contribution in [2.24, 2.45) is 0 Å². The number of rotatable bonds is 5.